The van der Waals surface area contributed by atoms with Crippen LogP contribution >= 0.6 is 0 Å². The molecular formula is C21H23N3O5. The van der Waals surface area contributed by atoms with Gasteiger partial charge in [-0.25, -0.2) is 4.79 Å². The molecule has 8 heteroatoms. The highest BCUT2D eigenvalue weighted by Crippen LogP contribution is 2.33. The molecule has 1 aromatic carbocycles. The lowest BCUT2D eigenvalue weighted by atomic mass is 10.0. The average Bonchev–Trinajstić information content (AvgIpc) is 2.78. The molecule has 29 heavy (non-hydrogen) atoms. The predicted molar refractivity (Wildman–Crippen MR) is 106 cm³/mol. The number of carbonyl (C=O) groups excluding carboxylic acids is 2. The molecule has 2 aliphatic rings. The Morgan fingerprint density at radius 2 is 2.00 bits per heavy atom. The summed E-state index contributed by atoms with van der Waals surface area (Å²) in [6.45, 7) is 2.37. The summed E-state index contributed by atoms with van der Waals surface area (Å²) >= 11 is 0. The smallest absolute Gasteiger partial charge is 0.339 e. The van der Waals surface area contributed by atoms with Crippen LogP contribution in [0.15, 0.2) is 36.5 Å². The summed E-state index contributed by atoms with van der Waals surface area (Å²) in [5, 5.41) is 3.49. The van der Waals surface area contributed by atoms with Crippen molar-refractivity contribution in [3.05, 3.63) is 47.8 Å². The quantitative estimate of drug-likeness (QED) is 0.792. The molecule has 2 aromatic rings. The molecule has 2 aliphatic heterocycles. The topological polar surface area (TPSA) is 90.0 Å². The van der Waals surface area contributed by atoms with Crippen LogP contribution in [0.1, 0.15) is 33.7 Å². The number of nitrogens with one attached hydrogen (secondary N) is 1. The third-order valence-electron chi connectivity index (χ3n) is 5.03. The van der Waals surface area contributed by atoms with Gasteiger partial charge < -0.3 is 24.4 Å². The van der Waals surface area contributed by atoms with Crippen LogP contribution in [0.4, 0.5) is 5.69 Å². The van der Waals surface area contributed by atoms with Gasteiger partial charge >= 0.3 is 5.97 Å². The lowest BCUT2D eigenvalue weighted by Gasteiger charge is -2.33. The number of nitrogens with zero attached hydrogens (tertiary/aromatic N) is 2. The second-order valence-corrected chi connectivity index (χ2v) is 7.02. The molecule has 1 fully saturated rings. The molecule has 1 saturated heterocycles. The molecule has 0 spiro atoms. The third kappa shape index (κ3) is 4.26. The number of aromatic nitrogens is 1. The number of ether oxygens (including phenoxy) is 3. The number of amides is 1. The SMILES string of the molecule is COC(=O)c1ccc(C(=O)N2CCC[C@H](Nc3ccc4c(c3)OCCO4)C2)nc1. The van der Waals surface area contributed by atoms with E-state index in [1.165, 1.54) is 13.3 Å². The van der Waals surface area contributed by atoms with Gasteiger partial charge in [0.15, 0.2) is 11.5 Å². The van der Waals surface area contributed by atoms with Crippen LogP contribution in [-0.2, 0) is 4.74 Å². The molecule has 0 radical (unpaired) electrons. The number of carbonyl (C=O) groups is 2. The van der Waals surface area contributed by atoms with Crippen molar-refractivity contribution < 1.29 is 23.8 Å². The number of methoxy groups -OCH3 is 1. The molecule has 3 heterocycles. The van der Waals surface area contributed by atoms with Gasteiger partial charge in [-0.3, -0.25) is 9.78 Å². The maximum Gasteiger partial charge on any atom is 0.339 e. The Balaban J connectivity index is 1.40. The van der Waals surface area contributed by atoms with Gasteiger partial charge in [0.05, 0.1) is 12.7 Å². The highest BCUT2D eigenvalue weighted by atomic mass is 16.6. The van der Waals surface area contributed by atoms with Gasteiger partial charge in [-0.1, -0.05) is 0 Å². The lowest BCUT2D eigenvalue weighted by Crippen LogP contribution is -2.45. The van der Waals surface area contributed by atoms with Crippen molar-refractivity contribution in [1.29, 1.82) is 0 Å². The summed E-state index contributed by atoms with van der Waals surface area (Å²) in [6, 6.07) is 9.04. The minimum absolute atomic E-state index is 0.129. The van der Waals surface area contributed by atoms with Crippen LogP contribution < -0.4 is 14.8 Å². The van der Waals surface area contributed by atoms with Gasteiger partial charge in [0.25, 0.3) is 5.91 Å². The van der Waals surface area contributed by atoms with E-state index >= 15 is 0 Å². The van der Waals surface area contributed by atoms with Gasteiger partial charge in [0, 0.05) is 37.1 Å². The van der Waals surface area contributed by atoms with Crippen molar-refractivity contribution in [3.63, 3.8) is 0 Å². The number of hydrogen-bond acceptors (Lipinski definition) is 7. The van der Waals surface area contributed by atoms with E-state index < -0.39 is 5.97 Å². The Morgan fingerprint density at radius 3 is 2.76 bits per heavy atom. The molecule has 0 aliphatic carbocycles. The van der Waals surface area contributed by atoms with Crippen LogP contribution in [0.5, 0.6) is 11.5 Å². The summed E-state index contributed by atoms with van der Waals surface area (Å²) in [5.41, 5.74) is 1.58. The van der Waals surface area contributed by atoms with E-state index in [0.717, 1.165) is 30.0 Å². The number of piperidine rings is 1. The van der Waals surface area contributed by atoms with Crippen molar-refractivity contribution in [2.24, 2.45) is 0 Å². The summed E-state index contributed by atoms with van der Waals surface area (Å²) < 4.78 is 15.8. The zero-order chi connectivity index (χ0) is 20.2. The largest absolute Gasteiger partial charge is 0.486 e. The molecule has 0 saturated carbocycles. The maximum atomic E-state index is 12.8. The summed E-state index contributed by atoms with van der Waals surface area (Å²) in [7, 11) is 1.31. The van der Waals surface area contributed by atoms with Crippen LogP contribution in [0, 0.1) is 0 Å². The first-order chi connectivity index (χ1) is 14.1. The zero-order valence-corrected chi connectivity index (χ0v) is 16.2. The fourth-order valence-corrected chi connectivity index (χ4v) is 3.57. The highest BCUT2D eigenvalue weighted by molar-refractivity contribution is 5.94. The Morgan fingerprint density at radius 1 is 1.17 bits per heavy atom. The lowest BCUT2D eigenvalue weighted by molar-refractivity contribution is 0.0598. The van der Waals surface area contributed by atoms with E-state index in [0.29, 0.717) is 37.6 Å². The number of rotatable bonds is 4. The highest BCUT2D eigenvalue weighted by Gasteiger charge is 2.26. The molecule has 4 rings (SSSR count). The van der Waals surface area contributed by atoms with Crippen molar-refractivity contribution >= 4 is 17.6 Å². The van der Waals surface area contributed by atoms with Crippen molar-refractivity contribution in [3.8, 4) is 11.5 Å². The average molecular weight is 397 g/mol. The van der Waals surface area contributed by atoms with Gasteiger partial charge in [-0.15, -0.1) is 0 Å². The maximum absolute atomic E-state index is 12.8. The van der Waals surface area contributed by atoms with Crippen LogP contribution in [0.3, 0.4) is 0 Å². The molecule has 1 amide bonds. The van der Waals surface area contributed by atoms with Crippen molar-refractivity contribution in [1.82, 2.24) is 9.88 Å². The molecule has 152 valence electrons. The first-order valence-electron chi connectivity index (χ1n) is 9.64. The molecule has 8 nitrogen and oxygen atoms in total. The third-order valence-corrected chi connectivity index (χ3v) is 5.03. The molecule has 1 aromatic heterocycles. The fraction of sp³-hybridized carbons (Fsp3) is 0.381. The van der Waals surface area contributed by atoms with E-state index in [1.54, 1.807) is 17.0 Å². The van der Waals surface area contributed by atoms with Crippen molar-refractivity contribution in [2.75, 3.05) is 38.7 Å². The van der Waals surface area contributed by atoms with E-state index in [1.807, 2.05) is 18.2 Å². The number of likely N-dealkylation sites (tertiary alicyclic amines) is 1. The second-order valence-electron chi connectivity index (χ2n) is 7.02. The first kappa shape index (κ1) is 19.0. The zero-order valence-electron chi connectivity index (χ0n) is 16.2. The van der Waals surface area contributed by atoms with Gasteiger partial charge in [-0.2, -0.15) is 0 Å². The standard InChI is InChI=1S/C21H23N3O5/c1-27-21(26)14-4-6-17(22-12-14)20(25)24-8-2-3-16(13-24)23-15-5-7-18-19(11-15)29-10-9-28-18/h4-7,11-12,16,23H,2-3,8-10,13H2,1H3/t16-/m0/s1. The second kappa shape index (κ2) is 8.38. The number of esters is 1. The van der Waals surface area contributed by atoms with Gasteiger partial charge in [0.1, 0.15) is 18.9 Å². The van der Waals surface area contributed by atoms with E-state index in [2.05, 4.69) is 15.0 Å². The summed E-state index contributed by atoms with van der Waals surface area (Å²) in [5.74, 6) is 0.872. The Hall–Kier alpha value is -3.29. The number of fused-ring (bicyclic) bond motifs is 1. The monoisotopic (exact) mass is 397 g/mol. The van der Waals surface area contributed by atoms with E-state index in [4.69, 9.17) is 9.47 Å². The van der Waals surface area contributed by atoms with Crippen LogP contribution in [0.2, 0.25) is 0 Å². The first-order valence-corrected chi connectivity index (χ1v) is 9.64. The van der Waals surface area contributed by atoms with Crippen molar-refractivity contribution in [2.45, 2.75) is 18.9 Å². The number of pyridine rings is 1. The predicted octanol–water partition coefficient (Wildman–Crippen LogP) is 2.36. The normalized spacial score (nSPS) is 18.1. The van der Waals surface area contributed by atoms with Gasteiger partial charge in [-0.05, 0) is 37.1 Å². The minimum Gasteiger partial charge on any atom is -0.486 e. The Labute approximate surface area is 168 Å². The Bertz CT molecular complexity index is 900. The molecule has 0 unspecified atom stereocenters. The number of anilines is 1. The number of hydrogen-bond donors (Lipinski definition) is 1. The minimum atomic E-state index is -0.474. The van der Waals surface area contributed by atoms with Crippen LogP contribution in [-0.4, -0.2) is 61.2 Å². The van der Waals surface area contributed by atoms with Gasteiger partial charge in [0.2, 0.25) is 0 Å². The molecule has 1 atom stereocenters. The summed E-state index contributed by atoms with van der Waals surface area (Å²) in [4.78, 5) is 30.3. The molecule has 0 bridgehead atoms. The van der Waals surface area contributed by atoms with Crippen LogP contribution in [0.25, 0.3) is 0 Å². The Kier molecular flexibility index (Phi) is 5.50. The fourth-order valence-electron chi connectivity index (χ4n) is 3.57. The van der Waals surface area contributed by atoms with E-state index in [-0.39, 0.29) is 11.9 Å². The van der Waals surface area contributed by atoms with E-state index in [9.17, 15) is 9.59 Å². The molecule has 1 N–H and O–H groups in total. The summed E-state index contributed by atoms with van der Waals surface area (Å²) in [6.07, 6.45) is 3.23. The molecular weight excluding hydrogens is 374 g/mol. The number of benzene rings is 1.